The van der Waals surface area contributed by atoms with Crippen LogP contribution in [0.4, 0.5) is 4.39 Å². The Morgan fingerprint density at radius 1 is 1.33 bits per heavy atom. The summed E-state index contributed by atoms with van der Waals surface area (Å²) in [4.78, 5) is 3.94. The number of hydrogen-bond acceptors (Lipinski definition) is 6. The van der Waals surface area contributed by atoms with E-state index in [0.717, 1.165) is 0 Å². The Kier molecular flexibility index (Phi) is 2.26. The maximum absolute atomic E-state index is 13.6. The Morgan fingerprint density at radius 3 is 2.94 bits per heavy atom. The second-order valence-electron chi connectivity index (χ2n) is 3.41. The van der Waals surface area contributed by atoms with Crippen LogP contribution in [-0.2, 0) is 0 Å². The number of aromatic amines is 1. The molecule has 1 aromatic carbocycles. The molecule has 0 saturated carbocycles. The number of phenols is 1. The van der Waals surface area contributed by atoms with Crippen molar-refractivity contribution < 1.29 is 14.0 Å². The van der Waals surface area contributed by atoms with Crippen LogP contribution in [0, 0.1) is 5.82 Å². The molecule has 2 N–H and O–H groups in total. The molecule has 3 rings (SSSR count). The lowest BCUT2D eigenvalue weighted by molar-refractivity contribution is 0.421. The molecule has 0 saturated heterocycles. The van der Waals surface area contributed by atoms with Crippen LogP contribution in [0.5, 0.6) is 5.75 Å². The molecule has 0 radical (unpaired) electrons. The summed E-state index contributed by atoms with van der Waals surface area (Å²) in [7, 11) is 0. The van der Waals surface area contributed by atoms with Crippen LogP contribution >= 0.6 is 0 Å². The van der Waals surface area contributed by atoms with Gasteiger partial charge in [-0.3, -0.25) is 0 Å². The highest BCUT2D eigenvalue weighted by atomic mass is 19.1. The molecular formula is C10H6FN5O2. The zero-order chi connectivity index (χ0) is 12.5. The van der Waals surface area contributed by atoms with Crippen LogP contribution in [-0.4, -0.2) is 30.7 Å². The highest BCUT2D eigenvalue weighted by Crippen LogP contribution is 2.31. The van der Waals surface area contributed by atoms with Gasteiger partial charge in [0.2, 0.25) is 5.82 Å². The second-order valence-corrected chi connectivity index (χ2v) is 3.41. The minimum absolute atomic E-state index is 0.122. The number of aromatic hydroxyl groups is 1. The lowest BCUT2D eigenvalue weighted by Crippen LogP contribution is -1.86. The zero-order valence-corrected chi connectivity index (χ0v) is 8.83. The highest BCUT2D eigenvalue weighted by Gasteiger charge is 2.18. The first-order valence-electron chi connectivity index (χ1n) is 4.93. The van der Waals surface area contributed by atoms with Gasteiger partial charge < -0.3 is 9.63 Å². The lowest BCUT2D eigenvalue weighted by atomic mass is 10.2. The fraction of sp³-hybridized carbons (Fsp3) is 0. The fourth-order valence-corrected chi connectivity index (χ4v) is 1.46. The summed E-state index contributed by atoms with van der Waals surface area (Å²) in [5, 5.41) is 23.0. The third-order valence-electron chi connectivity index (χ3n) is 2.28. The van der Waals surface area contributed by atoms with E-state index in [9.17, 15) is 9.50 Å². The molecule has 90 valence electrons. The van der Waals surface area contributed by atoms with Crippen molar-refractivity contribution in [1.29, 1.82) is 0 Å². The number of aromatic nitrogens is 5. The third-order valence-corrected chi connectivity index (χ3v) is 2.28. The van der Waals surface area contributed by atoms with Gasteiger partial charge in [-0.2, -0.15) is 20.4 Å². The van der Waals surface area contributed by atoms with Crippen molar-refractivity contribution in [3.63, 3.8) is 0 Å². The first kappa shape index (κ1) is 10.4. The number of hydrogen-bond donors (Lipinski definition) is 2. The van der Waals surface area contributed by atoms with E-state index >= 15 is 0 Å². The van der Waals surface area contributed by atoms with Crippen LogP contribution in [0.15, 0.2) is 28.9 Å². The van der Waals surface area contributed by atoms with Gasteiger partial charge in [0.25, 0.3) is 5.89 Å². The Morgan fingerprint density at radius 2 is 2.22 bits per heavy atom. The summed E-state index contributed by atoms with van der Waals surface area (Å²) in [6.07, 6.45) is 1.40. The summed E-state index contributed by atoms with van der Waals surface area (Å²) in [6, 6.07) is 3.90. The molecule has 0 spiro atoms. The van der Waals surface area contributed by atoms with E-state index < -0.39 is 5.82 Å². The zero-order valence-electron chi connectivity index (χ0n) is 8.83. The minimum Gasteiger partial charge on any atom is -0.507 e. The first-order chi connectivity index (χ1) is 8.75. The van der Waals surface area contributed by atoms with Crippen molar-refractivity contribution in [2.45, 2.75) is 0 Å². The Balaban J connectivity index is 2.09. The van der Waals surface area contributed by atoms with Gasteiger partial charge in [-0.15, -0.1) is 0 Å². The normalized spacial score (nSPS) is 10.7. The predicted molar refractivity (Wildman–Crippen MR) is 56.7 cm³/mol. The Bertz CT molecular complexity index is 659. The SMILES string of the molecule is Oc1cccc(F)c1-c1nc(-c2cn[nH]n2)no1. The number of phenolic OH excluding ortho intramolecular Hbond substituents is 1. The number of H-pyrrole nitrogens is 1. The molecule has 0 atom stereocenters. The Hall–Kier alpha value is -2.77. The van der Waals surface area contributed by atoms with E-state index in [1.807, 2.05) is 0 Å². The summed E-state index contributed by atoms with van der Waals surface area (Å²) in [5.41, 5.74) is 0.223. The van der Waals surface area contributed by atoms with Crippen LogP contribution in [0.3, 0.4) is 0 Å². The highest BCUT2D eigenvalue weighted by molar-refractivity contribution is 5.64. The summed E-state index contributed by atoms with van der Waals surface area (Å²) in [6.45, 7) is 0. The molecule has 2 aromatic heterocycles. The van der Waals surface area contributed by atoms with E-state index in [-0.39, 0.29) is 23.0 Å². The molecule has 8 heteroatoms. The van der Waals surface area contributed by atoms with Gasteiger partial charge in [-0.1, -0.05) is 11.2 Å². The van der Waals surface area contributed by atoms with Crippen molar-refractivity contribution in [1.82, 2.24) is 25.6 Å². The molecule has 7 nitrogen and oxygen atoms in total. The van der Waals surface area contributed by atoms with Gasteiger partial charge in [0.05, 0.1) is 6.20 Å². The van der Waals surface area contributed by atoms with Gasteiger partial charge in [0.1, 0.15) is 17.1 Å². The van der Waals surface area contributed by atoms with Crippen LogP contribution in [0.2, 0.25) is 0 Å². The van der Waals surface area contributed by atoms with E-state index in [1.54, 1.807) is 0 Å². The van der Waals surface area contributed by atoms with Crippen molar-refractivity contribution in [2.24, 2.45) is 0 Å². The number of benzene rings is 1. The molecule has 18 heavy (non-hydrogen) atoms. The molecule has 0 bridgehead atoms. The minimum atomic E-state index is -0.648. The van der Waals surface area contributed by atoms with Gasteiger partial charge in [0.15, 0.2) is 5.69 Å². The van der Waals surface area contributed by atoms with E-state index in [0.29, 0.717) is 5.69 Å². The molecule has 0 aliphatic rings. The number of rotatable bonds is 2. The van der Waals surface area contributed by atoms with Crippen LogP contribution < -0.4 is 0 Å². The predicted octanol–water partition coefficient (Wildman–Crippen LogP) is 1.37. The van der Waals surface area contributed by atoms with Crippen LogP contribution in [0.25, 0.3) is 23.0 Å². The Labute approximate surface area is 99.3 Å². The topological polar surface area (TPSA) is 101 Å². The van der Waals surface area contributed by atoms with E-state index in [4.69, 9.17) is 4.52 Å². The molecule has 0 fully saturated rings. The number of halogens is 1. The molecule has 0 aliphatic heterocycles. The molecule has 3 aromatic rings. The lowest BCUT2D eigenvalue weighted by Gasteiger charge is -1.99. The monoisotopic (exact) mass is 247 g/mol. The summed E-state index contributed by atoms with van der Waals surface area (Å²) >= 11 is 0. The maximum Gasteiger partial charge on any atom is 0.265 e. The molecule has 2 heterocycles. The van der Waals surface area contributed by atoms with Gasteiger partial charge in [-0.05, 0) is 12.1 Å². The molecular weight excluding hydrogens is 241 g/mol. The standard InChI is InChI=1S/C10H6FN5O2/c11-5-2-1-3-7(17)8(5)10-13-9(15-18-10)6-4-12-16-14-6/h1-4,17H,(H,12,14,16). The van der Waals surface area contributed by atoms with Gasteiger partial charge in [0, 0.05) is 0 Å². The average Bonchev–Trinajstić information content (AvgIpc) is 2.99. The maximum atomic E-state index is 13.6. The second kappa shape index (κ2) is 3.91. The molecule has 0 aliphatic carbocycles. The average molecular weight is 247 g/mol. The molecule has 0 unspecified atom stereocenters. The fourth-order valence-electron chi connectivity index (χ4n) is 1.46. The van der Waals surface area contributed by atoms with E-state index in [1.165, 1.54) is 24.4 Å². The smallest absolute Gasteiger partial charge is 0.265 e. The van der Waals surface area contributed by atoms with E-state index in [2.05, 4.69) is 25.6 Å². The quantitative estimate of drug-likeness (QED) is 0.709. The van der Waals surface area contributed by atoms with Crippen molar-refractivity contribution in [3.05, 3.63) is 30.2 Å². The van der Waals surface area contributed by atoms with Crippen molar-refractivity contribution >= 4 is 0 Å². The molecule has 0 amide bonds. The van der Waals surface area contributed by atoms with Crippen molar-refractivity contribution in [3.8, 4) is 28.7 Å². The number of nitrogens with zero attached hydrogens (tertiary/aromatic N) is 4. The largest absolute Gasteiger partial charge is 0.507 e. The summed E-state index contributed by atoms with van der Waals surface area (Å²) < 4.78 is 18.5. The third kappa shape index (κ3) is 1.59. The van der Waals surface area contributed by atoms with Gasteiger partial charge >= 0.3 is 0 Å². The van der Waals surface area contributed by atoms with Gasteiger partial charge in [-0.25, -0.2) is 4.39 Å². The van der Waals surface area contributed by atoms with Crippen molar-refractivity contribution in [2.75, 3.05) is 0 Å². The summed E-state index contributed by atoms with van der Waals surface area (Å²) in [5.74, 6) is -0.888. The first-order valence-corrected chi connectivity index (χ1v) is 4.93. The number of nitrogens with one attached hydrogen (secondary N) is 1. The van der Waals surface area contributed by atoms with Crippen LogP contribution in [0.1, 0.15) is 0 Å².